The Morgan fingerprint density at radius 3 is 2.78 bits per heavy atom. The molecule has 152 valence electrons. The van der Waals surface area contributed by atoms with Crippen LogP contribution in [0.3, 0.4) is 0 Å². The van der Waals surface area contributed by atoms with E-state index in [9.17, 15) is 0 Å². The summed E-state index contributed by atoms with van der Waals surface area (Å²) in [6, 6.07) is 7.98. The van der Waals surface area contributed by atoms with Crippen molar-refractivity contribution >= 4 is 11.6 Å². The van der Waals surface area contributed by atoms with E-state index in [2.05, 4.69) is 27.4 Å². The number of nitrogens with one attached hydrogen (secondary N) is 2. The molecule has 0 bridgehead atoms. The van der Waals surface area contributed by atoms with Crippen LogP contribution in [0, 0.1) is 5.92 Å². The van der Waals surface area contributed by atoms with Gasteiger partial charge in [0.25, 0.3) is 0 Å². The van der Waals surface area contributed by atoms with Crippen LogP contribution < -0.4 is 15.4 Å². The third-order valence-electron chi connectivity index (χ3n) is 5.08. The Hall–Kier alpha value is -1.79. The molecule has 6 heteroatoms. The van der Waals surface area contributed by atoms with Gasteiger partial charge in [-0.15, -0.1) is 0 Å². The lowest BCUT2D eigenvalue weighted by molar-refractivity contribution is 0.172. The molecule has 0 aliphatic carbocycles. The van der Waals surface area contributed by atoms with E-state index in [1.807, 2.05) is 24.3 Å². The van der Waals surface area contributed by atoms with Crippen molar-refractivity contribution in [2.75, 3.05) is 58.9 Å². The minimum Gasteiger partial charge on any atom is -0.493 e. The van der Waals surface area contributed by atoms with Crippen LogP contribution in [-0.4, -0.2) is 64.4 Å². The highest BCUT2D eigenvalue weighted by molar-refractivity contribution is 5.93. The molecule has 1 aromatic carbocycles. The van der Waals surface area contributed by atoms with Crippen molar-refractivity contribution in [2.45, 2.75) is 32.6 Å². The van der Waals surface area contributed by atoms with Gasteiger partial charge in [0.05, 0.1) is 6.61 Å². The van der Waals surface area contributed by atoms with E-state index in [0.29, 0.717) is 13.2 Å². The summed E-state index contributed by atoms with van der Waals surface area (Å²) in [6.45, 7) is 8.22. The van der Waals surface area contributed by atoms with E-state index < -0.39 is 0 Å². The average molecular weight is 377 g/mol. The second-order valence-electron chi connectivity index (χ2n) is 7.01. The summed E-state index contributed by atoms with van der Waals surface area (Å²) in [5, 5.41) is 6.79. The molecule has 27 heavy (non-hydrogen) atoms. The van der Waals surface area contributed by atoms with Crippen LogP contribution >= 0.6 is 0 Å². The van der Waals surface area contributed by atoms with Crippen LogP contribution in [0.15, 0.2) is 29.3 Å². The first kappa shape index (κ1) is 21.5. The van der Waals surface area contributed by atoms with Gasteiger partial charge in [0.1, 0.15) is 5.75 Å². The lowest BCUT2D eigenvalue weighted by Crippen LogP contribution is -2.36. The normalized spacial score (nSPS) is 16.3. The number of hydrogen-bond donors (Lipinski definition) is 2. The summed E-state index contributed by atoms with van der Waals surface area (Å²) in [4.78, 5) is 6.87. The predicted octanol–water partition coefficient (Wildman–Crippen LogP) is 3.21. The van der Waals surface area contributed by atoms with E-state index in [-0.39, 0.29) is 0 Å². The quantitative estimate of drug-likeness (QED) is 0.373. The molecule has 1 aliphatic heterocycles. The molecular weight excluding hydrogens is 340 g/mol. The van der Waals surface area contributed by atoms with Crippen molar-refractivity contribution in [1.82, 2.24) is 10.2 Å². The number of guanidine groups is 1. The maximum absolute atomic E-state index is 5.76. The van der Waals surface area contributed by atoms with E-state index >= 15 is 0 Å². The monoisotopic (exact) mass is 376 g/mol. The van der Waals surface area contributed by atoms with E-state index in [1.165, 1.54) is 38.9 Å². The molecule has 1 aromatic rings. The van der Waals surface area contributed by atoms with E-state index in [0.717, 1.165) is 36.3 Å². The number of nitrogens with zero attached hydrogens (tertiary/aromatic N) is 2. The Balaban J connectivity index is 1.71. The Morgan fingerprint density at radius 1 is 1.26 bits per heavy atom. The number of rotatable bonds is 10. The van der Waals surface area contributed by atoms with Crippen molar-refractivity contribution in [1.29, 1.82) is 0 Å². The number of methoxy groups -OCH3 is 1. The highest BCUT2D eigenvalue weighted by Crippen LogP contribution is 2.20. The zero-order valence-corrected chi connectivity index (χ0v) is 17.2. The van der Waals surface area contributed by atoms with Crippen molar-refractivity contribution in [3.8, 4) is 5.75 Å². The molecule has 1 heterocycles. The van der Waals surface area contributed by atoms with Gasteiger partial charge in [0.2, 0.25) is 0 Å². The van der Waals surface area contributed by atoms with Crippen molar-refractivity contribution < 1.29 is 9.47 Å². The molecule has 0 unspecified atom stereocenters. The average Bonchev–Trinajstić information content (AvgIpc) is 2.71. The lowest BCUT2D eigenvalue weighted by Gasteiger charge is -2.31. The number of benzene rings is 1. The smallest absolute Gasteiger partial charge is 0.195 e. The van der Waals surface area contributed by atoms with Gasteiger partial charge in [-0.1, -0.05) is 13.0 Å². The fraction of sp³-hybridized carbons (Fsp3) is 0.667. The largest absolute Gasteiger partial charge is 0.493 e. The third-order valence-corrected chi connectivity index (χ3v) is 5.08. The molecule has 1 saturated heterocycles. The molecule has 0 saturated carbocycles. The van der Waals surface area contributed by atoms with Gasteiger partial charge in [-0.25, -0.2) is 0 Å². The molecule has 6 nitrogen and oxygen atoms in total. The molecule has 0 radical (unpaired) electrons. The predicted molar refractivity (Wildman–Crippen MR) is 113 cm³/mol. The number of hydrogen-bond acceptors (Lipinski definition) is 4. The first-order valence-electron chi connectivity index (χ1n) is 10.2. The maximum atomic E-state index is 5.76. The number of piperidine rings is 1. The summed E-state index contributed by atoms with van der Waals surface area (Å²) >= 11 is 0. The van der Waals surface area contributed by atoms with Gasteiger partial charge in [-0.2, -0.15) is 0 Å². The number of anilines is 1. The van der Waals surface area contributed by atoms with Gasteiger partial charge in [0.15, 0.2) is 5.96 Å². The first-order chi connectivity index (χ1) is 13.2. The fourth-order valence-electron chi connectivity index (χ4n) is 3.36. The third kappa shape index (κ3) is 8.18. The molecule has 2 rings (SSSR count). The Kier molecular flexibility index (Phi) is 10.0. The highest BCUT2D eigenvalue weighted by atomic mass is 16.5. The van der Waals surface area contributed by atoms with Crippen LogP contribution in [0.2, 0.25) is 0 Å². The second kappa shape index (κ2) is 12.6. The molecule has 0 aromatic heterocycles. The highest BCUT2D eigenvalue weighted by Gasteiger charge is 2.17. The molecule has 2 N–H and O–H groups in total. The zero-order valence-electron chi connectivity index (χ0n) is 17.2. The SMILES string of the molecule is CCN1CCC(CCNC(=NC)Nc2cccc(OCCCOC)c2)CC1. The number of aliphatic imine (C=N–C) groups is 1. The Morgan fingerprint density at radius 2 is 2.07 bits per heavy atom. The van der Waals surface area contributed by atoms with Crippen LogP contribution in [-0.2, 0) is 4.74 Å². The van der Waals surface area contributed by atoms with Crippen LogP contribution in [0.4, 0.5) is 5.69 Å². The van der Waals surface area contributed by atoms with Crippen LogP contribution in [0.5, 0.6) is 5.75 Å². The Bertz CT molecular complexity index is 557. The molecule has 1 aliphatic rings. The van der Waals surface area contributed by atoms with Crippen molar-refractivity contribution in [3.05, 3.63) is 24.3 Å². The first-order valence-corrected chi connectivity index (χ1v) is 10.2. The second-order valence-corrected chi connectivity index (χ2v) is 7.01. The van der Waals surface area contributed by atoms with Gasteiger partial charge in [-0.05, 0) is 56.9 Å². The van der Waals surface area contributed by atoms with E-state index in [4.69, 9.17) is 9.47 Å². The molecule has 0 spiro atoms. The maximum Gasteiger partial charge on any atom is 0.195 e. The molecular formula is C21H36N4O2. The van der Waals surface area contributed by atoms with Crippen molar-refractivity contribution in [2.24, 2.45) is 10.9 Å². The van der Waals surface area contributed by atoms with Crippen molar-refractivity contribution in [3.63, 3.8) is 0 Å². The molecule has 1 fully saturated rings. The zero-order chi connectivity index (χ0) is 19.3. The number of ether oxygens (including phenoxy) is 2. The topological polar surface area (TPSA) is 58.1 Å². The van der Waals surface area contributed by atoms with Gasteiger partial charge < -0.3 is 25.0 Å². The minimum absolute atomic E-state index is 0.654. The van der Waals surface area contributed by atoms with Gasteiger partial charge in [-0.3, -0.25) is 4.99 Å². The summed E-state index contributed by atoms with van der Waals surface area (Å²) in [5.41, 5.74) is 0.976. The summed E-state index contributed by atoms with van der Waals surface area (Å²) in [7, 11) is 3.51. The van der Waals surface area contributed by atoms with Crippen LogP contribution in [0.25, 0.3) is 0 Å². The summed E-state index contributed by atoms with van der Waals surface area (Å²) in [5.74, 6) is 2.48. The lowest BCUT2D eigenvalue weighted by atomic mass is 9.93. The number of likely N-dealkylation sites (tertiary alicyclic amines) is 1. The standard InChI is InChI=1S/C21H36N4O2/c1-4-25-13-10-18(11-14-25)9-12-23-21(22-2)24-19-7-5-8-20(17-19)27-16-6-15-26-3/h5,7-8,17-18H,4,6,9-16H2,1-3H3,(H2,22,23,24). The van der Waals surface area contributed by atoms with E-state index in [1.54, 1.807) is 14.2 Å². The summed E-state index contributed by atoms with van der Waals surface area (Å²) < 4.78 is 10.8. The van der Waals surface area contributed by atoms with Gasteiger partial charge >= 0.3 is 0 Å². The van der Waals surface area contributed by atoms with Crippen LogP contribution in [0.1, 0.15) is 32.6 Å². The Labute approximate surface area is 164 Å². The fourth-order valence-corrected chi connectivity index (χ4v) is 3.36. The minimum atomic E-state index is 0.654. The van der Waals surface area contributed by atoms with Gasteiger partial charge in [0, 0.05) is 45.5 Å². The summed E-state index contributed by atoms with van der Waals surface area (Å²) in [6.07, 6.45) is 4.70. The molecule has 0 amide bonds. The molecule has 0 atom stereocenters.